The zero-order chi connectivity index (χ0) is 16.4. The highest BCUT2D eigenvalue weighted by molar-refractivity contribution is 5.78. The molecule has 1 aliphatic heterocycles. The summed E-state index contributed by atoms with van der Waals surface area (Å²) in [6.45, 7) is 2.29. The zero-order valence-electron chi connectivity index (χ0n) is 13.7. The molecular weight excluding hydrogens is 300 g/mol. The Labute approximate surface area is 141 Å². The van der Waals surface area contributed by atoms with E-state index in [0.29, 0.717) is 12.5 Å². The molecule has 0 spiro atoms. The van der Waals surface area contributed by atoms with Gasteiger partial charge in [0.2, 0.25) is 0 Å². The highest BCUT2D eigenvalue weighted by Crippen LogP contribution is 2.25. The molecule has 0 saturated carbocycles. The fourth-order valence-electron chi connectivity index (χ4n) is 3.08. The first-order valence-corrected chi connectivity index (χ1v) is 8.25. The number of nitrogens with zero attached hydrogens (tertiary/aromatic N) is 4. The molecule has 0 bridgehead atoms. The molecule has 0 radical (unpaired) electrons. The largest absolute Gasteiger partial charge is 0.381 e. The Balaban J connectivity index is 1.54. The Morgan fingerprint density at radius 3 is 2.96 bits per heavy atom. The SMILES string of the molecule is CN(Cc1ccc2ccccc2n1)c1cc([C@@H]2CCOC2)ncn1. The van der Waals surface area contributed by atoms with Crippen molar-refractivity contribution >= 4 is 16.7 Å². The van der Waals surface area contributed by atoms with E-state index in [1.165, 1.54) is 0 Å². The summed E-state index contributed by atoms with van der Waals surface area (Å²) in [7, 11) is 2.04. The molecule has 0 amide bonds. The second-order valence-electron chi connectivity index (χ2n) is 6.21. The van der Waals surface area contributed by atoms with Crippen molar-refractivity contribution in [3.8, 4) is 0 Å². The summed E-state index contributed by atoms with van der Waals surface area (Å²) in [5.41, 5.74) is 3.12. The number of hydrogen-bond acceptors (Lipinski definition) is 5. The van der Waals surface area contributed by atoms with Crippen molar-refractivity contribution in [2.45, 2.75) is 18.9 Å². The molecule has 0 aliphatic carbocycles. The molecule has 1 saturated heterocycles. The van der Waals surface area contributed by atoms with Gasteiger partial charge in [-0.1, -0.05) is 24.3 Å². The van der Waals surface area contributed by atoms with Crippen LogP contribution in [0.4, 0.5) is 5.82 Å². The number of anilines is 1. The van der Waals surface area contributed by atoms with E-state index in [2.05, 4.69) is 39.1 Å². The van der Waals surface area contributed by atoms with Crippen LogP contribution in [0.3, 0.4) is 0 Å². The van der Waals surface area contributed by atoms with Crippen molar-refractivity contribution < 1.29 is 4.74 Å². The summed E-state index contributed by atoms with van der Waals surface area (Å²) >= 11 is 0. The zero-order valence-corrected chi connectivity index (χ0v) is 13.7. The number of pyridine rings is 1. The van der Waals surface area contributed by atoms with Crippen molar-refractivity contribution in [2.24, 2.45) is 0 Å². The van der Waals surface area contributed by atoms with E-state index < -0.39 is 0 Å². The third-order valence-electron chi connectivity index (χ3n) is 4.47. The average Bonchev–Trinajstić information content (AvgIpc) is 3.16. The maximum atomic E-state index is 5.46. The highest BCUT2D eigenvalue weighted by Gasteiger charge is 2.20. The van der Waals surface area contributed by atoms with Crippen LogP contribution >= 0.6 is 0 Å². The number of hydrogen-bond donors (Lipinski definition) is 0. The molecule has 4 rings (SSSR count). The van der Waals surface area contributed by atoms with Crippen LogP contribution < -0.4 is 4.90 Å². The first kappa shape index (κ1) is 15.0. The molecule has 2 aromatic heterocycles. The second-order valence-corrected chi connectivity index (χ2v) is 6.21. The summed E-state index contributed by atoms with van der Waals surface area (Å²) in [6.07, 6.45) is 2.68. The maximum absolute atomic E-state index is 5.46. The Kier molecular flexibility index (Phi) is 4.09. The minimum Gasteiger partial charge on any atom is -0.381 e. The Hall–Kier alpha value is -2.53. The van der Waals surface area contributed by atoms with Gasteiger partial charge in [0.15, 0.2) is 0 Å². The van der Waals surface area contributed by atoms with Gasteiger partial charge in [-0.15, -0.1) is 0 Å². The lowest BCUT2D eigenvalue weighted by Gasteiger charge is -2.19. The molecular formula is C19H20N4O. The van der Waals surface area contributed by atoms with Gasteiger partial charge in [0.05, 0.1) is 30.1 Å². The van der Waals surface area contributed by atoms with Gasteiger partial charge in [0, 0.05) is 31.0 Å². The van der Waals surface area contributed by atoms with E-state index in [1.807, 2.05) is 25.2 Å². The summed E-state index contributed by atoms with van der Waals surface area (Å²) in [4.78, 5) is 15.7. The van der Waals surface area contributed by atoms with E-state index in [-0.39, 0.29) is 0 Å². The number of ether oxygens (including phenoxy) is 1. The van der Waals surface area contributed by atoms with Crippen LogP contribution in [-0.4, -0.2) is 35.2 Å². The van der Waals surface area contributed by atoms with Gasteiger partial charge in [0.25, 0.3) is 0 Å². The van der Waals surface area contributed by atoms with Crippen LogP contribution in [0, 0.1) is 0 Å². The second kappa shape index (κ2) is 6.53. The standard InChI is InChI=1S/C19H20N4O/c1-23(11-16-7-6-14-4-2-3-5-17(14)22-16)19-10-18(20-13-21-19)15-8-9-24-12-15/h2-7,10,13,15H,8-9,11-12H2,1H3/t15-/m1/s1. The summed E-state index contributed by atoms with van der Waals surface area (Å²) in [6, 6.07) is 14.4. The predicted octanol–water partition coefficient (Wildman–Crippen LogP) is 3.17. The quantitative estimate of drug-likeness (QED) is 0.739. The van der Waals surface area contributed by atoms with Crippen molar-refractivity contribution in [3.05, 3.63) is 60.2 Å². The van der Waals surface area contributed by atoms with E-state index in [0.717, 1.165) is 47.7 Å². The Morgan fingerprint density at radius 2 is 2.08 bits per heavy atom. The lowest BCUT2D eigenvalue weighted by Crippen LogP contribution is -2.19. The Bertz CT molecular complexity index is 845. The van der Waals surface area contributed by atoms with Crippen LogP contribution in [0.2, 0.25) is 0 Å². The minimum absolute atomic E-state index is 0.388. The van der Waals surface area contributed by atoms with Gasteiger partial charge in [-0.05, 0) is 18.6 Å². The molecule has 3 aromatic rings. The first-order valence-electron chi connectivity index (χ1n) is 8.25. The fraction of sp³-hybridized carbons (Fsp3) is 0.316. The smallest absolute Gasteiger partial charge is 0.132 e. The van der Waals surface area contributed by atoms with Crippen LogP contribution in [0.15, 0.2) is 48.8 Å². The van der Waals surface area contributed by atoms with Crippen LogP contribution in [0.5, 0.6) is 0 Å². The van der Waals surface area contributed by atoms with Gasteiger partial charge >= 0.3 is 0 Å². The van der Waals surface area contributed by atoms with E-state index in [9.17, 15) is 0 Å². The van der Waals surface area contributed by atoms with E-state index in [1.54, 1.807) is 6.33 Å². The van der Waals surface area contributed by atoms with E-state index >= 15 is 0 Å². The number of rotatable bonds is 4. The maximum Gasteiger partial charge on any atom is 0.132 e. The first-order chi connectivity index (χ1) is 11.8. The summed E-state index contributed by atoms with van der Waals surface area (Å²) in [5.74, 6) is 1.31. The third kappa shape index (κ3) is 3.08. The number of para-hydroxylation sites is 1. The molecule has 1 fully saturated rings. The normalized spacial score (nSPS) is 17.3. The summed E-state index contributed by atoms with van der Waals surface area (Å²) < 4.78 is 5.46. The van der Waals surface area contributed by atoms with Crippen molar-refractivity contribution in [1.82, 2.24) is 15.0 Å². The van der Waals surface area contributed by atoms with Gasteiger partial charge in [-0.2, -0.15) is 0 Å². The molecule has 1 aliphatic rings. The molecule has 5 heteroatoms. The topological polar surface area (TPSA) is 51.1 Å². The molecule has 3 heterocycles. The number of benzene rings is 1. The molecule has 122 valence electrons. The average molecular weight is 320 g/mol. The predicted molar refractivity (Wildman–Crippen MR) is 94.1 cm³/mol. The van der Waals surface area contributed by atoms with E-state index in [4.69, 9.17) is 9.72 Å². The van der Waals surface area contributed by atoms with Crippen LogP contribution in [0.1, 0.15) is 23.7 Å². The highest BCUT2D eigenvalue weighted by atomic mass is 16.5. The van der Waals surface area contributed by atoms with Gasteiger partial charge < -0.3 is 9.64 Å². The Morgan fingerprint density at radius 1 is 1.17 bits per heavy atom. The van der Waals surface area contributed by atoms with Gasteiger partial charge in [-0.25, -0.2) is 9.97 Å². The van der Waals surface area contributed by atoms with Crippen LogP contribution in [0.25, 0.3) is 10.9 Å². The minimum atomic E-state index is 0.388. The summed E-state index contributed by atoms with van der Waals surface area (Å²) in [5, 5.41) is 1.16. The molecule has 5 nitrogen and oxygen atoms in total. The molecule has 0 unspecified atom stereocenters. The molecule has 1 aromatic carbocycles. The monoisotopic (exact) mass is 320 g/mol. The van der Waals surface area contributed by atoms with Gasteiger partial charge in [0.1, 0.15) is 12.1 Å². The molecule has 1 atom stereocenters. The lowest BCUT2D eigenvalue weighted by molar-refractivity contribution is 0.193. The molecule has 24 heavy (non-hydrogen) atoms. The van der Waals surface area contributed by atoms with Crippen molar-refractivity contribution in [3.63, 3.8) is 0 Å². The number of aromatic nitrogens is 3. The molecule has 0 N–H and O–H groups in total. The van der Waals surface area contributed by atoms with Crippen molar-refractivity contribution in [2.75, 3.05) is 25.2 Å². The van der Waals surface area contributed by atoms with Crippen LogP contribution in [-0.2, 0) is 11.3 Å². The van der Waals surface area contributed by atoms with Gasteiger partial charge in [-0.3, -0.25) is 4.98 Å². The third-order valence-corrected chi connectivity index (χ3v) is 4.47. The number of fused-ring (bicyclic) bond motifs is 1. The van der Waals surface area contributed by atoms with Crippen molar-refractivity contribution in [1.29, 1.82) is 0 Å². The fourth-order valence-corrected chi connectivity index (χ4v) is 3.08. The lowest BCUT2D eigenvalue weighted by atomic mass is 10.0.